The van der Waals surface area contributed by atoms with Crippen LogP contribution in [0.3, 0.4) is 0 Å². The van der Waals surface area contributed by atoms with Gasteiger partial charge in [-0.15, -0.1) is 0 Å². The molecule has 1 unspecified atom stereocenters. The van der Waals surface area contributed by atoms with E-state index in [-0.39, 0.29) is 24.1 Å². The Morgan fingerprint density at radius 1 is 1.33 bits per heavy atom. The van der Waals surface area contributed by atoms with E-state index in [4.69, 9.17) is 4.74 Å². The van der Waals surface area contributed by atoms with Gasteiger partial charge in [0, 0.05) is 17.6 Å². The number of nitrogens with zero attached hydrogens (tertiary/aromatic N) is 1. The van der Waals surface area contributed by atoms with E-state index >= 15 is 0 Å². The minimum absolute atomic E-state index is 0.0548. The number of carbonyl (C=O) groups is 1. The van der Waals surface area contributed by atoms with Crippen LogP contribution < -0.4 is 10.2 Å². The monoisotopic (exact) mass is 333 g/mol. The van der Waals surface area contributed by atoms with Crippen molar-refractivity contribution in [2.24, 2.45) is 5.92 Å². The molecule has 130 valence electrons. The summed E-state index contributed by atoms with van der Waals surface area (Å²) in [6.45, 7) is 5.65. The smallest absolute Gasteiger partial charge is 0.341 e. The number of rotatable bonds is 6. The average Bonchev–Trinajstić information content (AvgIpc) is 2.55. The molecular weight excluding hydrogens is 310 g/mol. The number of aromatic nitrogens is 1. The first-order valence-electron chi connectivity index (χ1n) is 7.95. The summed E-state index contributed by atoms with van der Waals surface area (Å²) in [5.74, 6) is -0.578. The number of methoxy groups -OCH3 is 1. The zero-order chi connectivity index (χ0) is 18.0. The van der Waals surface area contributed by atoms with Gasteiger partial charge in [-0.1, -0.05) is 20.8 Å². The number of aromatic carboxylic acids is 1. The second-order valence-corrected chi connectivity index (χ2v) is 6.11. The molecule has 2 rings (SSSR count). The fourth-order valence-electron chi connectivity index (χ4n) is 2.93. The normalized spacial score (nSPS) is 12.6. The van der Waals surface area contributed by atoms with Crippen molar-refractivity contribution >= 4 is 16.9 Å². The van der Waals surface area contributed by atoms with Crippen molar-refractivity contribution in [1.29, 1.82) is 0 Å². The second-order valence-electron chi connectivity index (χ2n) is 6.11. The molecule has 0 aliphatic heterocycles. The van der Waals surface area contributed by atoms with Crippen molar-refractivity contribution in [2.45, 2.75) is 33.2 Å². The van der Waals surface area contributed by atoms with E-state index in [9.17, 15) is 19.8 Å². The van der Waals surface area contributed by atoms with Crippen LogP contribution in [0.2, 0.25) is 0 Å². The molecule has 1 heterocycles. The highest BCUT2D eigenvalue weighted by atomic mass is 16.5. The first-order chi connectivity index (χ1) is 11.3. The molecule has 6 nitrogen and oxygen atoms in total. The number of carboxylic acids is 1. The lowest BCUT2D eigenvalue weighted by Gasteiger charge is -2.25. The first-order valence-corrected chi connectivity index (χ1v) is 7.95. The fourth-order valence-corrected chi connectivity index (χ4v) is 2.93. The second kappa shape index (κ2) is 7.05. The molecule has 1 aromatic heterocycles. The molecule has 2 aromatic rings. The van der Waals surface area contributed by atoms with E-state index in [2.05, 4.69) is 0 Å². The van der Waals surface area contributed by atoms with Gasteiger partial charge in [0.2, 0.25) is 5.43 Å². The van der Waals surface area contributed by atoms with E-state index in [1.165, 1.54) is 6.20 Å². The van der Waals surface area contributed by atoms with Crippen molar-refractivity contribution in [3.05, 3.63) is 39.7 Å². The molecule has 0 spiro atoms. The molecule has 0 saturated carbocycles. The van der Waals surface area contributed by atoms with E-state index in [1.807, 2.05) is 20.8 Å². The number of carboxylic acid groups (broad SMARTS) is 1. The predicted molar refractivity (Wildman–Crippen MR) is 92.1 cm³/mol. The largest absolute Gasteiger partial charge is 0.496 e. The van der Waals surface area contributed by atoms with Gasteiger partial charge in [0.25, 0.3) is 0 Å². The van der Waals surface area contributed by atoms with E-state index < -0.39 is 11.4 Å². The van der Waals surface area contributed by atoms with Crippen molar-refractivity contribution in [1.82, 2.24) is 4.57 Å². The van der Waals surface area contributed by atoms with Crippen LogP contribution in [0, 0.1) is 5.92 Å². The van der Waals surface area contributed by atoms with Crippen LogP contribution in [0.1, 0.15) is 42.7 Å². The first kappa shape index (κ1) is 18.0. The minimum Gasteiger partial charge on any atom is -0.496 e. The van der Waals surface area contributed by atoms with Crippen LogP contribution in [0.5, 0.6) is 5.75 Å². The summed E-state index contributed by atoms with van der Waals surface area (Å²) in [5, 5.41) is 19.5. The van der Waals surface area contributed by atoms with E-state index in [0.29, 0.717) is 23.1 Å². The summed E-state index contributed by atoms with van der Waals surface area (Å²) in [6, 6.07) is 3.09. The maximum atomic E-state index is 12.6. The number of benzene rings is 1. The number of hydrogen-bond donors (Lipinski definition) is 2. The lowest BCUT2D eigenvalue weighted by atomic mass is 10.0. The summed E-state index contributed by atoms with van der Waals surface area (Å²) in [6.07, 6.45) is 1.97. The van der Waals surface area contributed by atoms with Gasteiger partial charge in [-0.05, 0) is 24.0 Å². The Hall–Kier alpha value is -2.34. The van der Waals surface area contributed by atoms with Gasteiger partial charge < -0.3 is 19.5 Å². The van der Waals surface area contributed by atoms with Crippen LogP contribution in [0.25, 0.3) is 10.9 Å². The van der Waals surface area contributed by atoms with Gasteiger partial charge in [-0.25, -0.2) is 4.79 Å². The van der Waals surface area contributed by atoms with Gasteiger partial charge in [0.05, 0.1) is 25.3 Å². The van der Waals surface area contributed by atoms with Crippen LogP contribution in [-0.2, 0) is 6.42 Å². The number of hydrogen-bond acceptors (Lipinski definition) is 4. The van der Waals surface area contributed by atoms with Crippen LogP contribution in [0.15, 0.2) is 23.1 Å². The van der Waals surface area contributed by atoms with E-state index in [0.717, 1.165) is 5.56 Å². The topological polar surface area (TPSA) is 88.8 Å². The Labute approximate surface area is 140 Å². The number of aliphatic hydroxyl groups excluding tert-OH is 1. The lowest BCUT2D eigenvalue weighted by molar-refractivity contribution is 0.0694. The average molecular weight is 333 g/mol. The molecule has 0 saturated heterocycles. The molecular formula is C18H23NO5. The Morgan fingerprint density at radius 3 is 2.46 bits per heavy atom. The summed E-state index contributed by atoms with van der Waals surface area (Å²) >= 11 is 0. The molecule has 1 atom stereocenters. The Morgan fingerprint density at radius 2 is 2.00 bits per heavy atom. The summed E-state index contributed by atoms with van der Waals surface area (Å²) in [7, 11) is 1.56. The molecule has 0 amide bonds. The quantitative estimate of drug-likeness (QED) is 0.848. The number of ether oxygens (including phenoxy) is 1. The Kier molecular flexibility index (Phi) is 5.29. The Bertz CT molecular complexity index is 822. The number of aliphatic hydroxyl groups is 1. The summed E-state index contributed by atoms with van der Waals surface area (Å²) < 4.78 is 7.07. The third kappa shape index (κ3) is 3.01. The maximum Gasteiger partial charge on any atom is 0.341 e. The molecule has 0 aliphatic rings. The van der Waals surface area contributed by atoms with Crippen molar-refractivity contribution < 1.29 is 19.7 Å². The van der Waals surface area contributed by atoms with Crippen molar-refractivity contribution in [3.8, 4) is 5.75 Å². The molecule has 0 fully saturated rings. The highest BCUT2D eigenvalue weighted by Crippen LogP contribution is 2.29. The third-order valence-electron chi connectivity index (χ3n) is 4.36. The number of pyridine rings is 1. The van der Waals surface area contributed by atoms with Gasteiger partial charge >= 0.3 is 5.97 Å². The van der Waals surface area contributed by atoms with Crippen LogP contribution >= 0.6 is 0 Å². The predicted octanol–water partition coefficient (Wildman–Crippen LogP) is 2.46. The highest BCUT2D eigenvalue weighted by molar-refractivity contribution is 5.93. The van der Waals surface area contributed by atoms with Gasteiger partial charge in [0.15, 0.2) is 0 Å². The molecule has 24 heavy (non-hydrogen) atoms. The van der Waals surface area contributed by atoms with Gasteiger partial charge in [-0.2, -0.15) is 0 Å². The van der Waals surface area contributed by atoms with E-state index in [1.54, 1.807) is 23.8 Å². The molecule has 0 aliphatic carbocycles. The molecule has 0 bridgehead atoms. The lowest BCUT2D eigenvalue weighted by Crippen LogP contribution is -2.25. The van der Waals surface area contributed by atoms with Gasteiger partial charge in [-0.3, -0.25) is 4.79 Å². The van der Waals surface area contributed by atoms with Crippen LogP contribution in [-0.4, -0.2) is 34.5 Å². The van der Waals surface area contributed by atoms with Crippen molar-refractivity contribution in [3.63, 3.8) is 0 Å². The van der Waals surface area contributed by atoms with Crippen LogP contribution in [0.4, 0.5) is 0 Å². The molecule has 1 aromatic carbocycles. The molecule has 0 radical (unpaired) electrons. The SMILES string of the molecule is CCc1cc2c(=O)c(C(=O)O)cn(C(CO)C(C)C)c2cc1OC. The number of aryl methyl sites for hydroxylation is 1. The zero-order valence-corrected chi connectivity index (χ0v) is 14.4. The zero-order valence-electron chi connectivity index (χ0n) is 14.4. The summed E-state index contributed by atoms with van der Waals surface area (Å²) in [4.78, 5) is 24.0. The maximum absolute atomic E-state index is 12.6. The molecule has 6 heteroatoms. The minimum atomic E-state index is -1.27. The third-order valence-corrected chi connectivity index (χ3v) is 4.36. The Balaban J connectivity index is 2.96. The van der Waals surface area contributed by atoms with Gasteiger partial charge in [0.1, 0.15) is 11.3 Å². The fraction of sp³-hybridized carbons (Fsp3) is 0.444. The number of fused-ring (bicyclic) bond motifs is 1. The highest BCUT2D eigenvalue weighted by Gasteiger charge is 2.22. The standard InChI is InChI=1S/C18H23NO5/c1-5-11-6-12-14(7-16(11)24-4)19(15(9-20)10(2)3)8-13(17(12)21)18(22)23/h6-8,10,15,20H,5,9H2,1-4H3,(H,22,23). The molecule has 2 N–H and O–H groups in total. The summed E-state index contributed by atoms with van der Waals surface area (Å²) in [5.41, 5.74) is 0.577. The van der Waals surface area contributed by atoms with Crippen molar-refractivity contribution in [2.75, 3.05) is 13.7 Å².